The average Bonchev–Trinajstić information content (AvgIpc) is 2.74. The van der Waals surface area contributed by atoms with E-state index in [0.29, 0.717) is 6.04 Å². The van der Waals surface area contributed by atoms with Crippen molar-refractivity contribution in [3.63, 3.8) is 0 Å². The lowest BCUT2D eigenvalue weighted by Gasteiger charge is -2.14. The molecule has 0 radical (unpaired) electrons. The van der Waals surface area contributed by atoms with E-state index in [1.807, 2.05) is 13.1 Å². The smallest absolute Gasteiger partial charge is 0.0668 e. The number of hydrogen-bond donors (Lipinski definition) is 1. The van der Waals surface area contributed by atoms with Crippen LogP contribution in [0.5, 0.6) is 0 Å². The maximum Gasteiger partial charge on any atom is 0.0668 e. The summed E-state index contributed by atoms with van der Waals surface area (Å²) < 4.78 is 0. The summed E-state index contributed by atoms with van der Waals surface area (Å²) in [5, 5.41) is 5.44. The van der Waals surface area contributed by atoms with E-state index >= 15 is 0 Å². The molecule has 0 aliphatic heterocycles. The molecule has 1 unspecified atom stereocenters. The molecule has 0 aliphatic carbocycles. The summed E-state index contributed by atoms with van der Waals surface area (Å²) >= 11 is 1.79. The molecule has 1 aromatic carbocycles. The highest BCUT2D eigenvalue weighted by atomic mass is 32.1. The molecule has 0 saturated carbocycles. The lowest BCUT2D eigenvalue weighted by molar-refractivity contribution is 0.704. The molecule has 0 aliphatic rings. The normalized spacial score (nSPS) is 12.6. The van der Waals surface area contributed by atoms with E-state index in [9.17, 15) is 0 Å². The topological polar surface area (TPSA) is 12.0 Å². The Balaban J connectivity index is 2.31. The molecule has 1 atom stereocenters. The van der Waals surface area contributed by atoms with Crippen LogP contribution in [0.1, 0.15) is 16.5 Å². The lowest BCUT2D eigenvalue weighted by atomic mass is 10.1. The minimum atomic E-state index is 0.330. The highest BCUT2D eigenvalue weighted by Crippen LogP contribution is 2.24. The molecule has 1 N–H and O–H groups in total. The molecule has 0 spiro atoms. The summed E-state index contributed by atoms with van der Waals surface area (Å²) in [6, 6.07) is 15.1. The fourth-order valence-corrected chi connectivity index (χ4v) is 2.44. The second kappa shape index (κ2) is 4.40. The molecule has 14 heavy (non-hydrogen) atoms. The van der Waals surface area contributed by atoms with Crippen LogP contribution < -0.4 is 5.32 Å². The molecule has 1 nitrogen and oxygen atoms in total. The number of rotatable bonds is 3. The molecule has 0 bridgehead atoms. The first-order valence-corrected chi connectivity index (χ1v) is 5.55. The number of hydrogen-bond acceptors (Lipinski definition) is 2. The highest BCUT2D eigenvalue weighted by molar-refractivity contribution is 7.10. The minimum Gasteiger partial charge on any atom is -0.309 e. The van der Waals surface area contributed by atoms with Crippen molar-refractivity contribution in [2.24, 2.45) is 0 Å². The van der Waals surface area contributed by atoms with Crippen molar-refractivity contribution in [1.82, 2.24) is 5.32 Å². The van der Waals surface area contributed by atoms with E-state index in [0.717, 1.165) is 0 Å². The van der Waals surface area contributed by atoms with Gasteiger partial charge < -0.3 is 5.32 Å². The zero-order valence-electron chi connectivity index (χ0n) is 8.10. The highest BCUT2D eigenvalue weighted by Gasteiger charge is 2.11. The van der Waals surface area contributed by atoms with Gasteiger partial charge in [0.15, 0.2) is 0 Å². The van der Waals surface area contributed by atoms with Gasteiger partial charge >= 0.3 is 0 Å². The van der Waals surface area contributed by atoms with Crippen LogP contribution in [0.15, 0.2) is 47.8 Å². The van der Waals surface area contributed by atoms with Crippen molar-refractivity contribution in [3.05, 3.63) is 58.3 Å². The van der Waals surface area contributed by atoms with E-state index in [4.69, 9.17) is 0 Å². The Bertz CT molecular complexity index is 366. The standard InChI is InChI=1S/C12H13NS/c1-13-12(11-8-5-9-14-11)10-6-3-2-4-7-10/h2-9,12-13H,1H3. The first kappa shape index (κ1) is 9.44. The van der Waals surface area contributed by atoms with Crippen LogP contribution >= 0.6 is 11.3 Å². The van der Waals surface area contributed by atoms with Gasteiger partial charge in [-0.3, -0.25) is 0 Å². The fourth-order valence-electron chi connectivity index (χ4n) is 1.57. The molecule has 1 aromatic heterocycles. The minimum absolute atomic E-state index is 0.330. The fraction of sp³-hybridized carbons (Fsp3) is 0.167. The third-order valence-corrected chi connectivity index (χ3v) is 3.19. The summed E-state index contributed by atoms with van der Waals surface area (Å²) in [5.74, 6) is 0. The van der Waals surface area contributed by atoms with E-state index in [1.165, 1.54) is 10.4 Å². The maximum absolute atomic E-state index is 3.33. The monoisotopic (exact) mass is 203 g/mol. The van der Waals surface area contributed by atoms with Gasteiger partial charge in [0, 0.05) is 4.88 Å². The Hall–Kier alpha value is -1.12. The summed E-state index contributed by atoms with van der Waals surface area (Å²) in [5.41, 5.74) is 1.32. The Labute approximate surface area is 88.4 Å². The van der Waals surface area contributed by atoms with E-state index in [2.05, 4.69) is 47.1 Å². The van der Waals surface area contributed by atoms with Crippen molar-refractivity contribution >= 4 is 11.3 Å². The molecule has 0 fully saturated rings. The zero-order valence-corrected chi connectivity index (χ0v) is 8.92. The Kier molecular flexibility index (Phi) is 2.96. The van der Waals surface area contributed by atoms with Crippen LogP contribution in [0.25, 0.3) is 0 Å². The van der Waals surface area contributed by atoms with Gasteiger partial charge in [0.2, 0.25) is 0 Å². The second-order valence-corrected chi connectivity index (χ2v) is 4.13. The lowest BCUT2D eigenvalue weighted by Crippen LogP contribution is -2.16. The van der Waals surface area contributed by atoms with Crippen molar-refractivity contribution < 1.29 is 0 Å². The van der Waals surface area contributed by atoms with Gasteiger partial charge in [-0.25, -0.2) is 0 Å². The molecular weight excluding hydrogens is 190 g/mol. The number of benzene rings is 1. The van der Waals surface area contributed by atoms with Gasteiger partial charge in [0.1, 0.15) is 0 Å². The van der Waals surface area contributed by atoms with Crippen molar-refractivity contribution in [2.75, 3.05) is 7.05 Å². The third-order valence-electron chi connectivity index (χ3n) is 2.25. The Morgan fingerprint density at radius 2 is 1.86 bits per heavy atom. The van der Waals surface area contributed by atoms with Crippen molar-refractivity contribution in [2.45, 2.75) is 6.04 Å². The molecule has 0 amide bonds. The van der Waals surface area contributed by atoms with Gasteiger partial charge in [0.25, 0.3) is 0 Å². The molecule has 2 heteroatoms. The van der Waals surface area contributed by atoms with Crippen LogP contribution in [0.4, 0.5) is 0 Å². The predicted molar refractivity (Wildman–Crippen MR) is 61.7 cm³/mol. The van der Waals surface area contributed by atoms with Gasteiger partial charge in [-0.2, -0.15) is 0 Å². The SMILES string of the molecule is CNC(c1ccccc1)c1cccs1. The average molecular weight is 203 g/mol. The Morgan fingerprint density at radius 3 is 2.43 bits per heavy atom. The van der Waals surface area contributed by atoms with E-state index in [-0.39, 0.29) is 0 Å². The van der Waals surface area contributed by atoms with Crippen molar-refractivity contribution in [1.29, 1.82) is 0 Å². The molecule has 72 valence electrons. The van der Waals surface area contributed by atoms with E-state index < -0.39 is 0 Å². The molecule has 2 aromatic rings. The summed E-state index contributed by atoms with van der Waals surface area (Å²) in [6.45, 7) is 0. The van der Waals surface area contributed by atoms with E-state index in [1.54, 1.807) is 11.3 Å². The first-order chi connectivity index (χ1) is 6.92. The van der Waals surface area contributed by atoms with Crippen LogP contribution in [0, 0.1) is 0 Å². The number of nitrogens with one attached hydrogen (secondary N) is 1. The largest absolute Gasteiger partial charge is 0.309 e. The predicted octanol–water partition coefficient (Wildman–Crippen LogP) is 3.06. The molecule has 0 saturated heterocycles. The molecular formula is C12H13NS. The maximum atomic E-state index is 3.33. The second-order valence-electron chi connectivity index (χ2n) is 3.15. The van der Waals surface area contributed by atoms with Gasteiger partial charge in [-0.15, -0.1) is 11.3 Å². The first-order valence-electron chi connectivity index (χ1n) is 4.67. The van der Waals surface area contributed by atoms with Crippen LogP contribution in [-0.4, -0.2) is 7.05 Å². The molecule has 1 heterocycles. The van der Waals surface area contributed by atoms with Crippen LogP contribution in [0.3, 0.4) is 0 Å². The summed E-state index contributed by atoms with van der Waals surface area (Å²) in [7, 11) is 2.00. The molecule has 2 rings (SSSR count). The zero-order chi connectivity index (χ0) is 9.80. The quantitative estimate of drug-likeness (QED) is 0.808. The van der Waals surface area contributed by atoms with Gasteiger partial charge in [-0.1, -0.05) is 36.4 Å². The van der Waals surface area contributed by atoms with Crippen molar-refractivity contribution in [3.8, 4) is 0 Å². The van der Waals surface area contributed by atoms with Gasteiger partial charge in [0.05, 0.1) is 6.04 Å². The van der Waals surface area contributed by atoms with Gasteiger partial charge in [-0.05, 0) is 24.1 Å². The summed E-state index contributed by atoms with van der Waals surface area (Å²) in [6.07, 6.45) is 0. The summed E-state index contributed by atoms with van der Waals surface area (Å²) in [4.78, 5) is 1.36. The number of thiophene rings is 1. The van der Waals surface area contributed by atoms with Crippen LogP contribution in [-0.2, 0) is 0 Å². The third kappa shape index (κ3) is 1.86. The van der Waals surface area contributed by atoms with Crippen LogP contribution in [0.2, 0.25) is 0 Å². The Morgan fingerprint density at radius 1 is 1.07 bits per heavy atom.